The molecule has 0 aromatic carbocycles. The molecule has 2 atom stereocenters. The van der Waals surface area contributed by atoms with Gasteiger partial charge in [-0.25, -0.2) is 9.79 Å². The van der Waals surface area contributed by atoms with Gasteiger partial charge in [0.15, 0.2) is 11.8 Å². The number of amidine groups is 1. The molecule has 76 valence electrons. The van der Waals surface area contributed by atoms with E-state index in [0.29, 0.717) is 6.54 Å². The van der Waals surface area contributed by atoms with E-state index in [1.54, 1.807) is 19.1 Å². The summed E-state index contributed by atoms with van der Waals surface area (Å²) < 4.78 is 5.18. The highest BCUT2D eigenvalue weighted by molar-refractivity contribution is 5.76. The number of fused-ring (bicyclic) bond motifs is 1. The van der Waals surface area contributed by atoms with Gasteiger partial charge in [0.25, 0.3) is 6.02 Å². The average Bonchev–Trinajstić information content (AvgIpc) is 2.37. The molecule has 6 heteroatoms. The Morgan fingerprint density at radius 3 is 3.29 bits per heavy atom. The van der Waals surface area contributed by atoms with Crippen LogP contribution in [0.2, 0.25) is 0 Å². The number of hydrogen-bond acceptors (Lipinski definition) is 4. The standard InChI is InChI=1S/C8H11N3O3/c1-8-5(14-6(9)10-8)3-2-4-11(8)7(12)13/h2-3,5H,4H2,1H3,(H2,9,10)(H,12,13)/t5-,8-/m0/s1. The quantitative estimate of drug-likeness (QED) is 0.533. The van der Waals surface area contributed by atoms with Gasteiger partial charge in [-0.2, -0.15) is 0 Å². The van der Waals surface area contributed by atoms with Crippen LogP contribution in [0.1, 0.15) is 6.92 Å². The summed E-state index contributed by atoms with van der Waals surface area (Å²) in [7, 11) is 0. The van der Waals surface area contributed by atoms with Gasteiger partial charge >= 0.3 is 6.09 Å². The largest absolute Gasteiger partial charge is 0.465 e. The van der Waals surface area contributed by atoms with Gasteiger partial charge in [0.1, 0.15) is 0 Å². The summed E-state index contributed by atoms with van der Waals surface area (Å²) in [5.41, 5.74) is 4.50. The molecule has 0 spiro atoms. The van der Waals surface area contributed by atoms with Gasteiger partial charge in [-0.3, -0.25) is 4.90 Å². The lowest BCUT2D eigenvalue weighted by atomic mass is 10.0. The number of hydrogen-bond donors (Lipinski definition) is 2. The Labute approximate surface area is 80.7 Å². The van der Waals surface area contributed by atoms with Crippen molar-refractivity contribution in [3.05, 3.63) is 12.2 Å². The van der Waals surface area contributed by atoms with Crippen LogP contribution in [-0.4, -0.2) is 40.4 Å². The van der Waals surface area contributed by atoms with E-state index in [1.807, 2.05) is 0 Å². The Bertz CT molecular complexity index is 339. The molecule has 2 heterocycles. The molecule has 0 saturated carbocycles. The van der Waals surface area contributed by atoms with E-state index < -0.39 is 17.9 Å². The SMILES string of the molecule is C[C@@]12N=C(N)O[C@H]1C=CCN2C(=O)O. The maximum atomic E-state index is 10.9. The number of nitrogens with two attached hydrogens (primary N) is 1. The lowest BCUT2D eigenvalue weighted by Gasteiger charge is -2.37. The summed E-state index contributed by atoms with van der Waals surface area (Å²) >= 11 is 0. The number of carbonyl (C=O) groups is 1. The molecular weight excluding hydrogens is 186 g/mol. The summed E-state index contributed by atoms with van der Waals surface area (Å²) in [6.45, 7) is 2.00. The van der Waals surface area contributed by atoms with Crippen LogP contribution in [0.15, 0.2) is 17.1 Å². The second kappa shape index (κ2) is 2.63. The fourth-order valence-electron chi connectivity index (χ4n) is 1.74. The molecule has 6 nitrogen and oxygen atoms in total. The smallest absolute Gasteiger partial charge is 0.409 e. The lowest BCUT2D eigenvalue weighted by Crippen LogP contribution is -2.55. The van der Waals surface area contributed by atoms with E-state index in [1.165, 1.54) is 4.90 Å². The minimum absolute atomic E-state index is 0.0373. The zero-order chi connectivity index (χ0) is 10.3. The number of nitrogens with zero attached hydrogens (tertiary/aromatic N) is 2. The normalized spacial score (nSPS) is 34.8. The van der Waals surface area contributed by atoms with Crippen molar-refractivity contribution in [2.75, 3.05) is 6.54 Å². The second-order valence-corrected chi connectivity index (χ2v) is 3.40. The Kier molecular flexibility index (Phi) is 1.67. The topological polar surface area (TPSA) is 88.2 Å². The van der Waals surface area contributed by atoms with Gasteiger partial charge in [-0.1, -0.05) is 6.08 Å². The molecule has 0 saturated heterocycles. The number of carboxylic acid groups (broad SMARTS) is 1. The molecule has 0 aromatic heterocycles. The second-order valence-electron chi connectivity index (χ2n) is 3.40. The molecule has 0 fully saturated rings. The van der Waals surface area contributed by atoms with Gasteiger partial charge in [-0.05, 0) is 13.0 Å². The number of rotatable bonds is 0. The van der Waals surface area contributed by atoms with Crippen LogP contribution in [0.3, 0.4) is 0 Å². The van der Waals surface area contributed by atoms with Gasteiger partial charge < -0.3 is 15.6 Å². The first-order valence-corrected chi connectivity index (χ1v) is 4.23. The third-order valence-corrected chi connectivity index (χ3v) is 2.50. The first-order chi connectivity index (χ1) is 6.54. The fraction of sp³-hybridized carbons (Fsp3) is 0.500. The van der Waals surface area contributed by atoms with E-state index in [9.17, 15) is 4.79 Å². The maximum absolute atomic E-state index is 10.9. The van der Waals surface area contributed by atoms with Gasteiger partial charge in [0.2, 0.25) is 0 Å². The molecule has 2 aliphatic heterocycles. The highest BCUT2D eigenvalue weighted by atomic mass is 16.5. The van der Waals surface area contributed by atoms with E-state index in [0.717, 1.165) is 0 Å². The van der Waals surface area contributed by atoms with Gasteiger partial charge in [0, 0.05) is 6.54 Å². The molecule has 0 bridgehead atoms. The Hall–Kier alpha value is -1.72. The Balaban J connectivity index is 2.39. The summed E-state index contributed by atoms with van der Waals surface area (Å²) in [5, 5.41) is 8.96. The van der Waals surface area contributed by atoms with E-state index >= 15 is 0 Å². The van der Waals surface area contributed by atoms with Crippen LogP contribution in [0.4, 0.5) is 4.79 Å². The van der Waals surface area contributed by atoms with Crippen molar-refractivity contribution in [3.8, 4) is 0 Å². The van der Waals surface area contributed by atoms with Crippen LogP contribution in [0.25, 0.3) is 0 Å². The number of ether oxygens (including phenoxy) is 1. The molecule has 3 N–H and O–H groups in total. The highest BCUT2D eigenvalue weighted by Gasteiger charge is 2.48. The van der Waals surface area contributed by atoms with Crippen molar-refractivity contribution in [1.82, 2.24) is 4.90 Å². The summed E-state index contributed by atoms with van der Waals surface area (Å²) in [6, 6.07) is 0.0373. The minimum atomic E-state index is -1.02. The van der Waals surface area contributed by atoms with Crippen LogP contribution < -0.4 is 5.73 Å². The molecular formula is C8H11N3O3. The third-order valence-electron chi connectivity index (χ3n) is 2.50. The predicted molar refractivity (Wildman–Crippen MR) is 48.8 cm³/mol. The first kappa shape index (κ1) is 8.86. The van der Waals surface area contributed by atoms with Crippen molar-refractivity contribution in [1.29, 1.82) is 0 Å². The van der Waals surface area contributed by atoms with Crippen molar-refractivity contribution < 1.29 is 14.6 Å². The van der Waals surface area contributed by atoms with E-state index in [4.69, 9.17) is 15.6 Å². The highest BCUT2D eigenvalue weighted by Crippen LogP contribution is 2.32. The number of amides is 1. The van der Waals surface area contributed by atoms with Crippen LogP contribution in [0, 0.1) is 0 Å². The third kappa shape index (κ3) is 1.03. The number of aliphatic imine (C=N–C) groups is 1. The molecule has 0 radical (unpaired) electrons. The van der Waals surface area contributed by atoms with Crippen molar-refractivity contribution in [3.63, 3.8) is 0 Å². The van der Waals surface area contributed by atoms with Gasteiger partial charge in [0.05, 0.1) is 0 Å². The summed E-state index contributed by atoms with van der Waals surface area (Å²) in [4.78, 5) is 16.2. The molecule has 14 heavy (non-hydrogen) atoms. The predicted octanol–water partition coefficient (Wildman–Crippen LogP) is -0.0341. The molecule has 1 amide bonds. The first-order valence-electron chi connectivity index (χ1n) is 4.23. The van der Waals surface area contributed by atoms with Crippen molar-refractivity contribution in [2.24, 2.45) is 10.7 Å². The van der Waals surface area contributed by atoms with Crippen LogP contribution in [0.5, 0.6) is 0 Å². The van der Waals surface area contributed by atoms with Crippen molar-refractivity contribution in [2.45, 2.75) is 18.7 Å². The molecule has 2 rings (SSSR count). The average molecular weight is 197 g/mol. The zero-order valence-corrected chi connectivity index (χ0v) is 7.67. The van der Waals surface area contributed by atoms with Gasteiger partial charge in [-0.15, -0.1) is 0 Å². The molecule has 0 aromatic rings. The van der Waals surface area contributed by atoms with Crippen LogP contribution >= 0.6 is 0 Å². The summed E-state index contributed by atoms with van der Waals surface area (Å²) in [5.74, 6) is 0. The molecule has 0 aliphatic carbocycles. The maximum Gasteiger partial charge on any atom is 0.409 e. The minimum Gasteiger partial charge on any atom is -0.465 e. The fourth-order valence-corrected chi connectivity index (χ4v) is 1.74. The Morgan fingerprint density at radius 1 is 1.93 bits per heavy atom. The Morgan fingerprint density at radius 2 is 2.64 bits per heavy atom. The molecule has 0 unspecified atom stereocenters. The van der Waals surface area contributed by atoms with Crippen LogP contribution in [-0.2, 0) is 4.74 Å². The monoisotopic (exact) mass is 197 g/mol. The lowest BCUT2D eigenvalue weighted by molar-refractivity contribution is 0.0432. The zero-order valence-electron chi connectivity index (χ0n) is 7.67. The van der Waals surface area contributed by atoms with E-state index in [-0.39, 0.29) is 6.02 Å². The summed E-state index contributed by atoms with van der Waals surface area (Å²) in [6.07, 6.45) is 2.08. The van der Waals surface area contributed by atoms with Crippen molar-refractivity contribution >= 4 is 12.1 Å². The van der Waals surface area contributed by atoms with E-state index in [2.05, 4.69) is 4.99 Å². The molecule has 2 aliphatic rings.